The third-order valence-corrected chi connectivity index (χ3v) is 4.73. The highest BCUT2D eigenvalue weighted by atomic mass is 127. The van der Waals surface area contributed by atoms with Gasteiger partial charge in [-0.05, 0) is 47.7 Å². The Kier molecular flexibility index (Phi) is 4.07. The van der Waals surface area contributed by atoms with Gasteiger partial charge in [0, 0.05) is 12.2 Å². The number of carbonyl (C=O) groups is 1. The molecule has 4 nitrogen and oxygen atoms in total. The van der Waals surface area contributed by atoms with E-state index in [4.69, 9.17) is 11.6 Å². The van der Waals surface area contributed by atoms with Crippen LogP contribution < -0.4 is 4.90 Å². The first-order chi connectivity index (χ1) is 10.7. The monoisotopic (exact) mass is 455 g/mol. The molecule has 1 aromatic heterocycles. The molecule has 3 rings (SSSR count). The van der Waals surface area contributed by atoms with Crippen molar-refractivity contribution >= 4 is 45.8 Å². The van der Waals surface area contributed by atoms with E-state index in [1.807, 2.05) is 29.5 Å². The highest BCUT2D eigenvalue weighted by Gasteiger charge is 2.36. The number of carbonyl (C=O) groups excluding carboxylic acids is 1. The van der Waals surface area contributed by atoms with Gasteiger partial charge in [0.25, 0.3) is 5.91 Å². The Bertz CT molecular complexity index is 790. The first kappa shape index (κ1) is 16.6. The van der Waals surface area contributed by atoms with Crippen molar-refractivity contribution in [1.29, 1.82) is 0 Å². The number of benzene rings is 1. The van der Waals surface area contributed by atoms with Crippen molar-refractivity contribution < 1.29 is 18.0 Å². The summed E-state index contributed by atoms with van der Waals surface area (Å²) in [5.74, 6) is -0.305. The lowest BCUT2D eigenvalue weighted by Gasteiger charge is -2.32. The van der Waals surface area contributed by atoms with E-state index in [0.29, 0.717) is 21.5 Å². The molecule has 0 fully saturated rings. The highest BCUT2D eigenvalue weighted by molar-refractivity contribution is 14.1. The van der Waals surface area contributed by atoms with Gasteiger partial charge in [0.2, 0.25) is 0 Å². The number of hydrogen-bond acceptors (Lipinski definition) is 2. The zero-order chi connectivity index (χ0) is 16.9. The van der Waals surface area contributed by atoms with E-state index in [-0.39, 0.29) is 11.9 Å². The minimum atomic E-state index is -4.52. The van der Waals surface area contributed by atoms with Crippen LogP contribution in [-0.4, -0.2) is 22.2 Å². The Morgan fingerprint density at radius 2 is 2.09 bits per heavy atom. The van der Waals surface area contributed by atoms with Gasteiger partial charge in [0.05, 0.1) is 26.4 Å². The van der Waals surface area contributed by atoms with Crippen LogP contribution in [0.5, 0.6) is 0 Å². The number of fused-ring (bicyclic) bond motifs is 1. The van der Waals surface area contributed by atoms with Crippen LogP contribution in [0, 0.1) is 3.57 Å². The molecule has 0 spiro atoms. The van der Waals surface area contributed by atoms with Crippen molar-refractivity contribution in [1.82, 2.24) is 9.78 Å². The van der Waals surface area contributed by atoms with Gasteiger partial charge in [-0.2, -0.15) is 18.3 Å². The van der Waals surface area contributed by atoms with Crippen LogP contribution in [0.1, 0.15) is 29.0 Å². The molecule has 122 valence electrons. The van der Waals surface area contributed by atoms with E-state index in [0.717, 1.165) is 6.07 Å². The molecule has 0 bridgehead atoms. The van der Waals surface area contributed by atoms with Crippen LogP contribution in [0.3, 0.4) is 0 Å². The summed E-state index contributed by atoms with van der Waals surface area (Å²) in [6.45, 7) is 2.20. The zero-order valence-electron chi connectivity index (χ0n) is 11.7. The number of aromatic nitrogens is 2. The van der Waals surface area contributed by atoms with Crippen LogP contribution >= 0.6 is 34.2 Å². The minimum Gasteiger partial charge on any atom is -0.305 e. The van der Waals surface area contributed by atoms with Crippen molar-refractivity contribution in [2.45, 2.75) is 19.1 Å². The van der Waals surface area contributed by atoms with E-state index in [9.17, 15) is 18.0 Å². The maximum absolute atomic E-state index is 12.8. The summed E-state index contributed by atoms with van der Waals surface area (Å²) < 4.78 is 40.7. The number of anilines is 1. The van der Waals surface area contributed by atoms with E-state index in [1.54, 1.807) is 10.9 Å². The van der Waals surface area contributed by atoms with Gasteiger partial charge >= 0.3 is 6.18 Å². The highest BCUT2D eigenvalue weighted by Crippen LogP contribution is 2.37. The SMILES string of the molecule is C[C@H]1CN(c2ccc(C(F)(F)F)c(Cl)c2)C(=O)c2c(I)cnn21. The Balaban J connectivity index is 2.02. The lowest BCUT2D eigenvalue weighted by Crippen LogP contribution is -2.43. The van der Waals surface area contributed by atoms with Crippen LogP contribution in [0.25, 0.3) is 0 Å². The molecule has 0 unspecified atom stereocenters. The summed E-state index contributed by atoms with van der Waals surface area (Å²) in [6.07, 6.45) is -2.93. The molecule has 1 aliphatic rings. The largest absolute Gasteiger partial charge is 0.417 e. The van der Waals surface area contributed by atoms with Gasteiger partial charge in [0.1, 0.15) is 5.69 Å². The second-order valence-electron chi connectivity index (χ2n) is 5.21. The standard InChI is InChI=1S/C14H10ClF3IN3O/c1-7-6-21(13(23)12-11(19)5-20-22(7)12)8-2-3-9(10(15)4-8)14(16,17)18/h2-5,7H,6H2,1H3/t7-/m0/s1. The van der Waals surface area contributed by atoms with Gasteiger partial charge in [-0.15, -0.1) is 0 Å². The fraction of sp³-hybridized carbons (Fsp3) is 0.286. The third-order valence-electron chi connectivity index (χ3n) is 3.63. The van der Waals surface area contributed by atoms with Crippen LogP contribution in [0.2, 0.25) is 5.02 Å². The zero-order valence-corrected chi connectivity index (χ0v) is 14.6. The Morgan fingerprint density at radius 3 is 2.70 bits per heavy atom. The number of alkyl halides is 3. The predicted molar refractivity (Wildman–Crippen MR) is 87.8 cm³/mol. The lowest BCUT2D eigenvalue weighted by atomic mass is 10.1. The normalized spacial score (nSPS) is 18.3. The summed E-state index contributed by atoms with van der Waals surface area (Å²) in [6, 6.07) is 3.24. The third kappa shape index (κ3) is 2.82. The number of halogens is 5. The van der Waals surface area contributed by atoms with Gasteiger partial charge in [0.15, 0.2) is 0 Å². The average molecular weight is 456 g/mol. The fourth-order valence-electron chi connectivity index (χ4n) is 2.55. The van der Waals surface area contributed by atoms with Crippen molar-refractivity contribution in [2.24, 2.45) is 0 Å². The van der Waals surface area contributed by atoms with Crippen LogP contribution in [-0.2, 0) is 6.18 Å². The van der Waals surface area contributed by atoms with E-state index < -0.39 is 16.8 Å². The minimum absolute atomic E-state index is 0.0905. The molecule has 0 aliphatic carbocycles. The molecule has 0 saturated heterocycles. The first-order valence-corrected chi connectivity index (χ1v) is 8.07. The molecule has 1 aromatic carbocycles. The quantitative estimate of drug-likeness (QED) is 0.599. The van der Waals surface area contributed by atoms with Crippen LogP contribution in [0.4, 0.5) is 18.9 Å². The number of rotatable bonds is 1. The Labute approximate surface area is 148 Å². The molecule has 9 heteroatoms. The summed E-state index contributed by atoms with van der Waals surface area (Å²) in [5, 5.41) is 3.74. The predicted octanol–water partition coefficient (Wildman–Crippen LogP) is 4.38. The summed E-state index contributed by atoms with van der Waals surface area (Å²) in [4.78, 5) is 14.1. The number of amides is 1. The maximum atomic E-state index is 12.8. The van der Waals surface area contributed by atoms with E-state index in [1.165, 1.54) is 17.0 Å². The Morgan fingerprint density at radius 1 is 1.39 bits per heavy atom. The number of hydrogen-bond donors (Lipinski definition) is 0. The van der Waals surface area contributed by atoms with Crippen LogP contribution in [0.15, 0.2) is 24.4 Å². The topological polar surface area (TPSA) is 38.1 Å². The van der Waals surface area contributed by atoms with Crippen molar-refractivity contribution in [3.05, 3.63) is 44.2 Å². The smallest absolute Gasteiger partial charge is 0.305 e. The van der Waals surface area contributed by atoms with Gasteiger partial charge in [-0.1, -0.05) is 11.6 Å². The van der Waals surface area contributed by atoms with E-state index in [2.05, 4.69) is 5.10 Å². The summed E-state index contributed by atoms with van der Waals surface area (Å²) in [5.41, 5.74) is -0.150. The van der Waals surface area contributed by atoms with Gasteiger partial charge in [-0.3, -0.25) is 9.48 Å². The van der Waals surface area contributed by atoms with Gasteiger partial charge in [-0.25, -0.2) is 0 Å². The molecule has 1 aliphatic heterocycles. The van der Waals surface area contributed by atoms with Crippen molar-refractivity contribution in [3.63, 3.8) is 0 Å². The molecular formula is C14H10ClF3IN3O. The molecule has 1 atom stereocenters. The molecule has 0 saturated carbocycles. The molecule has 2 heterocycles. The second-order valence-corrected chi connectivity index (χ2v) is 6.78. The summed E-state index contributed by atoms with van der Waals surface area (Å²) in [7, 11) is 0. The average Bonchev–Trinajstić information content (AvgIpc) is 2.84. The Hall–Kier alpha value is -1.29. The molecular weight excluding hydrogens is 446 g/mol. The first-order valence-electron chi connectivity index (χ1n) is 6.61. The molecule has 1 amide bonds. The lowest BCUT2D eigenvalue weighted by molar-refractivity contribution is -0.137. The molecule has 23 heavy (non-hydrogen) atoms. The van der Waals surface area contributed by atoms with E-state index >= 15 is 0 Å². The van der Waals surface area contributed by atoms with Gasteiger partial charge < -0.3 is 4.90 Å². The van der Waals surface area contributed by atoms with Crippen molar-refractivity contribution in [2.75, 3.05) is 11.4 Å². The number of nitrogens with zero attached hydrogens (tertiary/aromatic N) is 3. The molecule has 0 N–H and O–H groups in total. The second kappa shape index (κ2) is 5.66. The fourth-order valence-corrected chi connectivity index (χ4v) is 3.44. The molecule has 2 aromatic rings. The molecule has 0 radical (unpaired) electrons. The summed E-state index contributed by atoms with van der Waals surface area (Å²) >= 11 is 7.76. The van der Waals surface area contributed by atoms with Crippen molar-refractivity contribution in [3.8, 4) is 0 Å². The maximum Gasteiger partial charge on any atom is 0.417 e.